The van der Waals surface area contributed by atoms with Crippen LogP contribution in [0.15, 0.2) is 102 Å². The van der Waals surface area contributed by atoms with Crippen LogP contribution in [0.25, 0.3) is 6.08 Å². The van der Waals surface area contributed by atoms with Crippen molar-refractivity contribution in [3.63, 3.8) is 0 Å². The van der Waals surface area contributed by atoms with Crippen molar-refractivity contribution in [1.82, 2.24) is 5.32 Å². The van der Waals surface area contributed by atoms with E-state index in [1.165, 1.54) is 40.9 Å². The molecular weight excluding hydrogens is 601 g/mol. The molecule has 1 saturated heterocycles. The first-order valence-corrected chi connectivity index (χ1v) is 14.9. The molecule has 0 saturated carbocycles. The number of rotatable bonds is 8. The third kappa shape index (κ3) is 6.74. The van der Waals surface area contributed by atoms with E-state index in [0.29, 0.717) is 16.9 Å². The molecule has 7 nitrogen and oxygen atoms in total. The average Bonchev–Trinajstić information content (AvgIpc) is 3.27. The average molecular weight is 628 g/mol. The molecule has 1 unspecified atom stereocenters. The number of hydrogen-bond acceptors (Lipinski definition) is 5. The molecule has 1 aliphatic rings. The molecule has 0 radical (unpaired) electrons. The van der Waals surface area contributed by atoms with Gasteiger partial charge in [0.15, 0.2) is 0 Å². The maximum atomic E-state index is 14.6. The maximum absolute atomic E-state index is 14.6. The Hall–Kier alpha value is -4.73. The summed E-state index contributed by atoms with van der Waals surface area (Å²) in [5, 5.41) is 4.75. The molecule has 0 spiro atoms. The summed E-state index contributed by atoms with van der Waals surface area (Å²) in [6.45, 7) is 3.74. The first kappa shape index (κ1) is 30.7. The fourth-order valence-corrected chi connectivity index (χ4v) is 6.08. The van der Waals surface area contributed by atoms with Gasteiger partial charge in [-0.3, -0.25) is 19.2 Å². The minimum atomic E-state index is -0.699. The van der Waals surface area contributed by atoms with E-state index in [2.05, 4.69) is 10.6 Å². The molecule has 10 heteroatoms. The van der Waals surface area contributed by atoms with Crippen LogP contribution in [0.4, 0.5) is 15.8 Å². The van der Waals surface area contributed by atoms with E-state index in [0.717, 1.165) is 16.0 Å². The Bertz CT molecular complexity index is 1750. The minimum Gasteiger partial charge on any atom is -0.321 e. The Balaban J connectivity index is 1.31. The quantitative estimate of drug-likeness (QED) is 0.163. The Morgan fingerprint density at radius 3 is 2.23 bits per heavy atom. The number of thioether (sulfide) groups is 1. The van der Waals surface area contributed by atoms with Crippen molar-refractivity contribution >= 4 is 64.4 Å². The Morgan fingerprint density at radius 2 is 1.57 bits per heavy atom. The van der Waals surface area contributed by atoms with Gasteiger partial charge in [-0.2, -0.15) is 0 Å². The summed E-state index contributed by atoms with van der Waals surface area (Å²) in [6, 6.07) is 24.7. The predicted octanol–water partition coefficient (Wildman–Crippen LogP) is 6.93. The number of halogens is 2. The zero-order valence-corrected chi connectivity index (χ0v) is 25.3. The van der Waals surface area contributed by atoms with Crippen LogP contribution in [-0.4, -0.2) is 28.9 Å². The number of carbonyl (C=O) groups is 4. The molecule has 4 aromatic rings. The molecule has 1 fully saturated rings. The zero-order valence-electron chi connectivity index (χ0n) is 23.8. The summed E-state index contributed by atoms with van der Waals surface area (Å²) in [5.41, 5.74) is 2.76. The number of nitrogens with one attached hydrogen (secondary N) is 2. The fraction of sp³-hybridized carbons (Fsp3) is 0.118. The predicted molar refractivity (Wildman–Crippen MR) is 171 cm³/mol. The Morgan fingerprint density at radius 1 is 0.909 bits per heavy atom. The lowest BCUT2D eigenvalue weighted by Crippen LogP contribution is -2.32. The van der Waals surface area contributed by atoms with Gasteiger partial charge in [0.05, 0.1) is 16.0 Å². The molecule has 1 heterocycles. The summed E-state index contributed by atoms with van der Waals surface area (Å²) in [5.74, 6) is -2.44. The highest BCUT2D eigenvalue weighted by Crippen LogP contribution is 2.36. The van der Waals surface area contributed by atoms with Crippen LogP contribution >= 0.6 is 23.4 Å². The first-order chi connectivity index (χ1) is 21.1. The van der Waals surface area contributed by atoms with Crippen LogP contribution < -0.4 is 15.5 Å². The largest absolute Gasteiger partial charge is 0.321 e. The van der Waals surface area contributed by atoms with Crippen molar-refractivity contribution < 1.29 is 23.6 Å². The van der Waals surface area contributed by atoms with Gasteiger partial charge < -0.3 is 10.6 Å². The molecule has 1 aliphatic heterocycles. The van der Waals surface area contributed by atoms with Gasteiger partial charge in [0.2, 0.25) is 11.8 Å². The lowest BCUT2D eigenvalue weighted by Gasteiger charge is -2.19. The van der Waals surface area contributed by atoms with Crippen LogP contribution in [0.3, 0.4) is 0 Å². The molecule has 44 heavy (non-hydrogen) atoms. The number of hydrogen-bond donors (Lipinski definition) is 2. The second-order valence-corrected chi connectivity index (χ2v) is 11.8. The molecule has 1 atom stereocenters. The summed E-state index contributed by atoms with van der Waals surface area (Å²) in [4.78, 5) is 54.3. The highest BCUT2D eigenvalue weighted by molar-refractivity contribution is 8.00. The number of aryl methyl sites for hydroxylation is 2. The second kappa shape index (κ2) is 13.3. The summed E-state index contributed by atoms with van der Waals surface area (Å²) in [7, 11) is 0. The molecule has 0 bridgehead atoms. The van der Waals surface area contributed by atoms with E-state index >= 15 is 0 Å². The Kier molecular flexibility index (Phi) is 9.27. The third-order valence-corrected chi connectivity index (χ3v) is 8.50. The lowest BCUT2D eigenvalue weighted by molar-refractivity contribution is -0.121. The minimum absolute atomic E-state index is 0.0508. The molecule has 4 amide bonds. The normalized spacial score (nSPS) is 15.0. The van der Waals surface area contributed by atoms with Crippen LogP contribution in [0.2, 0.25) is 5.02 Å². The molecule has 0 aliphatic carbocycles. The van der Waals surface area contributed by atoms with E-state index in [-0.39, 0.29) is 34.5 Å². The summed E-state index contributed by atoms with van der Waals surface area (Å²) < 4.78 is 14.6. The van der Waals surface area contributed by atoms with Crippen LogP contribution in [-0.2, 0) is 14.4 Å². The van der Waals surface area contributed by atoms with Gasteiger partial charge >= 0.3 is 0 Å². The van der Waals surface area contributed by atoms with E-state index in [4.69, 9.17) is 11.6 Å². The van der Waals surface area contributed by atoms with Crippen molar-refractivity contribution in [2.24, 2.45) is 0 Å². The SMILES string of the molecule is Cc1cccc(C)c1N1C(=O)CC(Sc2ccc(NC(=O)/C(=C/c3c(F)cccc3Cl)NC(=O)c3ccccc3)cc2)C1=O. The smallest absolute Gasteiger partial charge is 0.272 e. The molecule has 2 N–H and O–H groups in total. The second-order valence-electron chi connectivity index (χ2n) is 10.1. The van der Waals surface area contributed by atoms with Gasteiger partial charge in [0.1, 0.15) is 11.5 Å². The summed E-state index contributed by atoms with van der Waals surface area (Å²) >= 11 is 7.45. The standard InChI is InChI=1S/C34H27ClFN3O4S/c1-20-8-6-9-21(2)31(20)39-30(40)19-29(34(39)43)44-24-16-14-23(15-17-24)37-33(42)28(18-25-26(35)12-7-13-27(25)36)38-32(41)22-10-4-3-5-11-22/h3-18,29H,19H2,1-2H3,(H,37,42)(H,38,41)/b28-18-. The molecular formula is C34H27ClFN3O4S. The lowest BCUT2D eigenvalue weighted by atomic mass is 10.1. The number of carbonyl (C=O) groups excluding carboxylic acids is 4. The van der Waals surface area contributed by atoms with Gasteiger partial charge in [-0.1, -0.05) is 54.1 Å². The highest BCUT2D eigenvalue weighted by Gasteiger charge is 2.41. The summed E-state index contributed by atoms with van der Waals surface area (Å²) in [6.07, 6.45) is 1.26. The zero-order chi connectivity index (χ0) is 31.4. The fourth-order valence-electron chi connectivity index (χ4n) is 4.80. The number of benzene rings is 4. The molecule has 0 aromatic heterocycles. The van der Waals surface area contributed by atoms with Crippen LogP contribution in [0.5, 0.6) is 0 Å². The van der Waals surface area contributed by atoms with Crippen molar-refractivity contribution in [2.75, 3.05) is 10.2 Å². The number of para-hydroxylation sites is 1. The van der Waals surface area contributed by atoms with E-state index in [9.17, 15) is 23.6 Å². The topological polar surface area (TPSA) is 95.6 Å². The number of amides is 4. The Labute approximate surface area is 263 Å². The van der Waals surface area contributed by atoms with Gasteiger partial charge in [-0.05, 0) is 79.6 Å². The van der Waals surface area contributed by atoms with Gasteiger partial charge in [0, 0.05) is 28.1 Å². The molecule has 4 aromatic carbocycles. The number of imide groups is 1. The van der Waals surface area contributed by atoms with Crippen molar-refractivity contribution in [1.29, 1.82) is 0 Å². The maximum Gasteiger partial charge on any atom is 0.272 e. The van der Waals surface area contributed by atoms with Crippen molar-refractivity contribution in [2.45, 2.75) is 30.4 Å². The van der Waals surface area contributed by atoms with Gasteiger partial charge in [-0.25, -0.2) is 9.29 Å². The van der Waals surface area contributed by atoms with Crippen molar-refractivity contribution in [3.05, 3.63) is 130 Å². The van der Waals surface area contributed by atoms with E-state index in [1.54, 1.807) is 54.6 Å². The number of nitrogens with zero attached hydrogens (tertiary/aromatic N) is 1. The van der Waals surface area contributed by atoms with Crippen LogP contribution in [0, 0.1) is 19.7 Å². The van der Waals surface area contributed by atoms with Gasteiger partial charge in [-0.15, -0.1) is 11.8 Å². The molecule has 222 valence electrons. The first-order valence-electron chi connectivity index (χ1n) is 13.7. The monoisotopic (exact) mass is 627 g/mol. The highest BCUT2D eigenvalue weighted by atomic mass is 35.5. The number of anilines is 2. The van der Waals surface area contributed by atoms with E-state index < -0.39 is 22.9 Å². The molecule has 5 rings (SSSR count). The third-order valence-electron chi connectivity index (χ3n) is 6.98. The van der Waals surface area contributed by atoms with Crippen LogP contribution in [0.1, 0.15) is 33.5 Å². The van der Waals surface area contributed by atoms with E-state index in [1.807, 2.05) is 32.0 Å². The van der Waals surface area contributed by atoms with Crippen molar-refractivity contribution in [3.8, 4) is 0 Å². The van der Waals surface area contributed by atoms with Gasteiger partial charge in [0.25, 0.3) is 11.8 Å².